The first-order valence-electron chi connectivity index (χ1n) is 9.69. The third kappa shape index (κ3) is 5.90. The van der Waals surface area contributed by atoms with Gasteiger partial charge in [-0.15, -0.1) is 0 Å². The van der Waals surface area contributed by atoms with Crippen LogP contribution in [0.15, 0.2) is 58.8 Å². The van der Waals surface area contributed by atoms with E-state index < -0.39 is 4.92 Å². The van der Waals surface area contributed by atoms with Crippen molar-refractivity contribution in [2.75, 3.05) is 42.1 Å². The van der Waals surface area contributed by atoms with Gasteiger partial charge in [0.25, 0.3) is 5.69 Å². The second-order valence-corrected chi connectivity index (χ2v) is 6.46. The summed E-state index contributed by atoms with van der Waals surface area (Å²) >= 11 is 0. The molecule has 0 atom stereocenters. The molecule has 0 aliphatic rings. The van der Waals surface area contributed by atoms with Crippen molar-refractivity contribution in [3.63, 3.8) is 0 Å². The van der Waals surface area contributed by atoms with Gasteiger partial charge in [0.2, 0.25) is 17.8 Å². The summed E-state index contributed by atoms with van der Waals surface area (Å²) in [6.07, 6.45) is 0. The van der Waals surface area contributed by atoms with Crippen molar-refractivity contribution >= 4 is 40.6 Å². The quantitative estimate of drug-likeness (QED) is 0.207. The maximum Gasteiger partial charge on any atom is 0.269 e. The summed E-state index contributed by atoms with van der Waals surface area (Å²) in [4.78, 5) is 24.7. The fourth-order valence-electron chi connectivity index (χ4n) is 2.69. The summed E-state index contributed by atoms with van der Waals surface area (Å²) < 4.78 is 0. The standard InChI is InChI=1S/C19H23N11O2/c20-9-11-23-18-24-17(22)25-19(26-18)29(12-10-21)15-5-1-13(2-6-15)27-28-14-3-7-16(8-4-14)30(31)32/h1-8H,9-12,20-21H2,(H3,22,23,24,25,26). The minimum absolute atomic E-state index is 0.00588. The number of nitrogens with zero attached hydrogens (tertiary/aromatic N) is 7. The largest absolute Gasteiger partial charge is 0.368 e. The number of nitrogens with one attached hydrogen (secondary N) is 1. The Kier molecular flexibility index (Phi) is 7.51. The van der Waals surface area contributed by atoms with Crippen molar-refractivity contribution in [1.82, 2.24) is 15.0 Å². The Balaban J connectivity index is 1.79. The molecule has 0 aliphatic carbocycles. The number of anilines is 4. The molecule has 1 heterocycles. The summed E-state index contributed by atoms with van der Waals surface area (Å²) in [5.41, 5.74) is 19.0. The predicted molar refractivity (Wildman–Crippen MR) is 122 cm³/mol. The topological polar surface area (TPSA) is 200 Å². The van der Waals surface area contributed by atoms with Gasteiger partial charge >= 0.3 is 0 Å². The van der Waals surface area contributed by atoms with Crippen molar-refractivity contribution < 1.29 is 4.92 Å². The van der Waals surface area contributed by atoms with Crippen LogP contribution in [0.25, 0.3) is 0 Å². The van der Waals surface area contributed by atoms with Crippen LogP contribution in [0.3, 0.4) is 0 Å². The number of nitro groups is 1. The van der Waals surface area contributed by atoms with Gasteiger partial charge < -0.3 is 27.4 Å². The molecule has 2 aromatic carbocycles. The SMILES string of the molecule is NCCNc1nc(N)nc(N(CCN)c2ccc(N=Nc3ccc([N+](=O)[O-])cc3)cc2)n1. The molecule has 13 heteroatoms. The molecule has 0 saturated carbocycles. The van der Waals surface area contributed by atoms with E-state index in [4.69, 9.17) is 17.2 Å². The second kappa shape index (κ2) is 10.7. The van der Waals surface area contributed by atoms with Crippen LogP contribution in [-0.4, -0.2) is 46.1 Å². The van der Waals surface area contributed by atoms with E-state index in [1.165, 1.54) is 24.3 Å². The van der Waals surface area contributed by atoms with Gasteiger partial charge in [0.15, 0.2) is 0 Å². The Morgan fingerprint density at radius 2 is 1.56 bits per heavy atom. The van der Waals surface area contributed by atoms with E-state index in [0.29, 0.717) is 49.5 Å². The highest BCUT2D eigenvalue weighted by Crippen LogP contribution is 2.27. The van der Waals surface area contributed by atoms with E-state index >= 15 is 0 Å². The molecule has 0 aliphatic heterocycles. The van der Waals surface area contributed by atoms with Crippen LogP contribution in [-0.2, 0) is 0 Å². The minimum Gasteiger partial charge on any atom is -0.368 e. The molecule has 32 heavy (non-hydrogen) atoms. The van der Waals surface area contributed by atoms with E-state index in [-0.39, 0.29) is 11.6 Å². The first-order valence-corrected chi connectivity index (χ1v) is 9.69. The van der Waals surface area contributed by atoms with E-state index in [0.717, 1.165) is 5.69 Å². The highest BCUT2D eigenvalue weighted by atomic mass is 16.6. The maximum atomic E-state index is 10.7. The number of azo groups is 1. The Hall–Kier alpha value is -4.23. The Bertz CT molecular complexity index is 1070. The maximum absolute atomic E-state index is 10.7. The lowest BCUT2D eigenvalue weighted by Gasteiger charge is -2.22. The molecule has 7 N–H and O–H groups in total. The molecule has 3 rings (SSSR count). The predicted octanol–water partition coefficient (Wildman–Crippen LogP) is 2.24. The summed E-state index contributed by atoms with van der Waals surface area (Å²) in [5.74, 6) is 0.751. The van der Waals surface area contributed by atoms with Gasteiger partial charge in [-0.1, -0.05) is 0 Å². The number of nitro benzene ring substituents is 1. The number of nitrogens with two attached hydrogens (primary N) is 3. The molecule has 0 radical (unpaired) electrons. The van der Waals surface area contributed by atoms with Crippen LogP contribution < -0.4 is 27.4 Å². The van der Waals surface area contributed by atoms with E-state index in [9.17, 15) is 10.1 Å². The van der Waals surface area contributed by atoms with Gasteiger partial charge in [-0.2, -0.15) is 25.2 Å². The van der Waals surface area contributed by atoms with Gasteiger partial charge in [-0.3, -0.25) is 10.1 Å². The molecule has 166 valence electrons. The molecule has 1 aromatic heterocycles. The molecule has 0 amide bonds. The van der Waals surface area contributed by atoms with Crippen molar-refractivity contribution in [3.05, 3.63) is 58.6 Å². The molecule has 0 fully saturated rings. The van der Waals surface area contributed by atoms with Crippen LogP contribution in [0.2, 0.25) is 0 Å². The monoisotopic (exact) mass is 437 g/mol. The van der Waals surface area contributed by atoms with Crippen molar-refractivity contribution in [3.8, 4) is 0 Å². The number of aromatic nitrogens is 3. The van der Waals surface area contributed by atoms with Crippen LogP contribution in [0, 0.1) is 10.1 Å². The summed E-state index contributed by atoms with van der Waals surface area (Å²) in [6.45, 7) is 1.72. The molecule has 13 nitrogen and oxygen atoms in total. The highest BCUT2D eigenvalue weighted by molar-refractivity contribution is 5.61. The zero-order chi connectivity index (χ0) is 22.9. The number of nitrogen functional groups attached to an aromatic ring is 1. The third-order valence-electron chi connectivity index (χ3n) is 4.17. The number of hydrogen-bond acceptors (Lipinski definition) is 12. The Morgan fingerprint density at radius 1 is 0.938 bits per heavy atom. The fraction of sp³-hybridized carbons (Fsp3) is 0.211. The molecular weight excluding hydrogens is 414 g/mol. The van der Waals surface area contributed by atoms with Crippen LogP contribution in [0.1, 0.15) is 0 Å². The molecule has 0 bridgehead atoms. The van der Waals surface area contributed by atoms with Crippen molar-refractivity contribution in [2.45, 2.75) is 0 Å². The van der Waals surface area contributed by atoms with E-state index in [2.05, 4.69) is 30.5 Å². The van der Waals surface area contributed by atoms with Crippen LogP contribution >= 0.6 is 0 Å². The molecule has 0 spiro atoms. The first kappa shape index (κ1) is 22.5. The van der Waals surface area contributed by atoms with E-state index in [1.807, 2.05) is 17.0 Å². The first-order chi connectivity index (χ1) is 15.5. The normalized spacial score (nSPS) is 10.9. The summed E-state index contributed by atoms with van der Waals surface area (Å²) in [6, 6.07) is 13.0. The number of hydrogen-bond donors (Lipinski definition) is 4. The Morgan fingerprint density at radius 3 is 2.12 bits per heavy atom. The zero-order valence-corrected chi connectivity index (χ0v) is 17.1. The van der Waals surface area contributed by atoms with Crippen LogP contribution in [0.4, 0.5) is 40.6 Å². The highest BCUT2D eigenvalue weighted by Gasteiger charge is 2.14. The molecule has 0 saturated heterocycles. The average Bonchev–Trinajstić information content (AvgIpc) is 2.80. The van der Waals surface area contributed by atoms with Gasteiger partial charge in [-0.05, 0) is 36.4 Å². The van der Waals surface area contributed by atoms with E-state index in [1.54, 1.807) is 12.1 Å². The van der Waals surface area contributed by atoms with Gasteiger partial charge in [0, 0.05) is 44.0 Å². The lowest BCUT2D eigenvalue weighted by Crippen LogP contribution is -2.27. The zero-order valence-electron chi connectivity index (χ0n) is 17.1. The third-order valence-corrected chi connectivity index (χ3v) is 4.17. The van der Waals surface area contributed by atoms with Crippen molar-refractivity contribution in [2.24, 2.45) is 21.7 Å². The number of benzene rings is 2. The van der Waals surface area contributed by atoms with Crippen LogP contribution in [0.5, 0.6) is 0 Å². The summed E-state index contributed by atoms with van der Waals surface area (Å²) in [5, 5.41) is 22.0. The minimum atomic E-state index is -0.468. The lowest BCUT2D eigenvalue weighted by molar-refractivity contribution is -0.384. The van der Waals surface area contributed by atoms with Gasteiger partial charge in [0.05, 0.1) is 16.3 Å². The van der Waals surface area contributed by atoms with Gasteiger partial charge in [0.1, 0.15) is 0 Å². The Labute approximate surface area is 183 Å². The molecule has 3 aromatic rings. The fourth-order valence-corrected chi connectivity index (χ4v) is 2.69. The number of non-ortho nitro benzene ring substituents is 1. The molecule has 0 unspecified atom stereocenters. The van der Waals surface area contributed by atoms with Gasteiger partial charge in [-0.25, -0.2) is 0 Å². The average molecular weight is 437 g/mol. The molecular formula is C19H23N11O2. The smallest absolute Gasteiger partial charge is 0.269 e. The second-order valence-electron chi connectivity index (χ2n) is 6.46. The lowest BCUT2D eigenvalue weighted by atomic mass is 10.2. The summed E-state index contributed by atoms with van der Waals surface area (Å²) in [7, 11) is 0. The number of rotatable bonds is 10. The van der Waals surface area contributed by atoms with Crippen molar-refractivity contribution in [1.29, 1.82) is 0 Å².